The maximum atomic E-state index is 11.2. The SMILES string of the molecule is COc1ccc(COCCOc2ccccc2C(N)=O)cc1. The van der Waals surface area contributed by atoms with Gasteiger partial charge in [-0.3, -0.25) is 4.79 Å². The fourth-order valence-electron chi connectivity index (χ4n) is 1.92. The van der Waals surface area contributed by atoms with E-state index in [0.717, 1.165) is 11.3 Å². The second-order valence-corrected chi connectivity index (χ2v) is 4.61. The summed E-state index contributed by atoms with van der Waals surface area (Å²) >= 11 is 0. The smallest absolute Gasteiger partial charge is 0.252 e. The van der Waals surface area contributed by atoms with Crippen LogP contribution >= 0.6 is 0 Å². The Morgan fingerprint density at radius 2 is 1.77 bits per heavy atom. The number of para-hydroxylation sites is 1. The highest BCUT2D eigenvalue weighted by molar-refractivity contribution is 5.95. The van der Waals surface area contributed by atoms with Gasteiger partial charge in [-0.25, -0.2) is 0 Å². The zero-order chi connectivity index (χ0) is 15.8. The Bertz CT molecular complexity index is 610. The highest BCUT2D eigenvalue weighted by atomic mass is 16.5. The molecular weight excluding hydrogens is 282 g/mol. The van der Waals surface area contributed by atoms with Crippen molar-refractivity contribution in [2.24, 2.45) is 5.73 Å². The molecule has 2 aromatic rings. The number of primary amides is 1. The Labute approximate surface area is 129 Å². The number of amides is 1. The van der Waals surface area contributed by atoms with Gasteiger partial charge in [0.2, 0.25) is 0 Å². The fraction of sp³-hybridized carbons (Fsp3) is 0.235. The Hall–Kier alpha value is -2.53. The molecule has 0 fully saturated rings. The van der Waals surface area contributed by atoms with E-state index >= 15 is 0 Å². The molecule has 0 aliphatic rings. The third kappa shape index (κ3) is 4.49. The van der Waals surface area contributed by atoms with E-state index in [1.54, 1.807) is 31.4 Å². The van der Waals surface area contributed by atoms with Crippen LogP contribution in [0.15, 0.2) is 48.5 Å². The Balaban J connectivity index is 1.74. The summed E-state index contributed by atoms with van der Waals surface area (Å²) in [4.78, 5) is 11.2. The third-order valence-corrected chi connectivity index (χ3v) is 3.07. The maximum absolute atomic E-state index is 11.2. The molecule has 0 radical (unpaired) electrons. The van der Waals surface area contributed by atoms with E-state index in [1.807, 2.05) is 24.3 Å². The summed E-state index contributed by atoms with van der Waals surface area (Å²) in [5, 5.41) is 0. The van der Waals surface area contributed by atoms with Crippen LogP contribution in [0.25, 0.3) is 0 Å². The van der Waals surface area contributed by atoms with E-state index in [4.69, 9.17) is 19.9 Å². The summed E-state index contributed by atoms with van der Waals surface area (Å²) in [6.45, 7) is 1.25. The van der Waals surface area contributed by atoms with Crippen molar-refractivity contribution < 1.29 is 19.0 Å². The third-order valence-electron chi connectivity index (χ3n) is 3.07. The monoisotopic (exact) mass is 301 g/mol. The van der Waals surface area contributed by atoms with E-state index < -0.39 is 5.91 Å². The first-order valence-corrected chi connectivity index (χ1v) is 6.93. The molecule has 1 amide bonds. The van der Waals surface area contributed by atoms with Crippen LogP contribution in [0.2, 0.25) is 0 Å². The molecular formula is C17H19NO4. The fourth-order valence-corrected chi connectivity index (χ4v) is 1.92. The van der Waals surface area contributed by atoms with Crippen LogP contribution in [0.3, 0.4) is 0 Å². The molecule has 5 nitrogen and oxygen atoms in total. The van der Waals surface area contributed by atoms with E-state index in [1.165, 1.54) is 0 Å². The first kappa shape index (κ1) is 15.9. The summed E-state index contributed by atoms with van der Waals surface area (Å²) in [5.41, 5.74) is 6.71. The molecule has 0 aliphatic carbocycles. The van der Waals surface area contributed by atoms with Gasteiger partial charge < -0.3 is 19.9 Å². The number of rotatable bonds is 8. The summed E-state index contributed by atoms with van der Waals surface area (Å²) < 4.78 is 16.2. The average molecular weight is 301 g/mol. The average Bonchev–Trinajstić information content (AvgIpc) is 2.55. The molecule has 0 bridgehead atoms. The Kier molecular flexibility index (Phi) is 5.80. The minimum absolute atomic E-state index is 0.348. The number of hydrogen-bond donors (Lipinski definition) is 1. The van der Waals surface area contributed by atoms with Crippen molar-refractivity contribution in [3.63, 3.8) is 0 Å². The van der Waals surface area contributed by atoms with Gasteiger partial charge in [0.15, 0.2) is 0 Å². The van der Waals surface area contributed by atoms with Gasteiger partial charge in [0, 0.05) is 0 Å². The van der Waals surface area contributed by atoms with Gasteiger partial charge >= 0.3 is 0 Å². The zero-order valence-electron chi connectivity index (χ0n) is 12.5. The van der Waals surface area contributed by atoms with E-state index in [2.05, 4.69) is 0 Å². The standard InChI is InChI=1S/C17H19NO4/c1-20-14-8-6-13(7-9-14)12-21-10-11-22-16-5-3-2-4-15(16)17(18)19/h2-9H,10-12H2,1H3,(H2,18,19). The van der Waals surface area contributed by atoms with E-state index in [-0.39, 0.29) is 0 Å². The number of methoxy groups -OCH3 is 1. The van der Waals surface area contributed by atoms with Crippen LogP contribution in [0.4, 0.5) is 0 Å². The van der Waals surface area contributed by atoms with Crippen molar-refractivity contribution in [3.05, 3.63) is 59.7 Å². The lowest BCUT2D eigenvalue weighted by atomic mass is 10.2. The van der Waals surface area contributed by atoms with Crippen LogP contribution in [0.1, 0.15) is 15.9 Å². The molecule has 0 unspecified atom stereocenters. The molecule has 5 heteroatoms. The van der Waals surface area contributed by atoms with E-state index in [0.29, 0.717) is 31.1 Å². The van der Waals surface area contributed by atoms with Gasteiger partial charge in [-0.05, 0) is 29.8 Å². The van der Waals surface area contributed by atoms with Crippen LogP contribution in [0.5, 0.6) is 11.5 Å². The van der Waals surface area contributed by atoms with Crippen molar-refractivity contribution in [2.75, 3.05) is 20.3 Å². The molecule has 0 saturated heterocycles. The first-order chi connectivity index (χ1) is 10.7. The highest BCUT2D eigenvalue weighted by Crippen LogP contribution is 2.17. The molecule has 0 heterocycles. The normalized spacial score (nSPS) is 10.2. The summed E-state index contributed by atoms with van der Waals surface area (Å²) in [5.74, 6) is 0.785. The molecule has 2 aromatic carbocycles. The maximum Gasteiger partial charge on any atom is 0.252 e. The van der Waals surface area contributed by atoms with Gasteiger partial charge in [-0.15, -0.1) is 0 Å². The van der Waals surface area contributed by atoms with Crippen molar-refractivity contribution in [3.8, 4) is 11.5 Å². The van der Waals surface area contributed by atoms with Crippen molar-refractivity contribution in [1.29, 1.82) is 0 Å². The largest absolute Gasteiger partial charge is 0.497 e. The van der Waals surface area contributed by atoms with E-state index in [9.17, 15) is 4.79 Å². The molecule has 0 aromatic heterocycles. The van der Waals surface area contributed by atoms with Gasteiger partial charge in [0.25, 0.3) is 5.91 Å². The van der Waals surface area contributed by atoms with Gasteiger partial charge in [-0.1, -0.05) is 24.3 Å². The number of benzene rings is 2. The highest BCUT2D eigenvalue weighted by Gasteiger charge is 2.07. The van der Waals surface area contributed by atoms with Gasteiger partial charge in [-0.2, -0.15) is 0 Å². The second kappa shape index (κ2) is 8.05. The predicted molar refractivity (Wildman–Crippen MR) is 83.1 cm³/mol. The van der Waals surface area contributed by atoms with Gasteiger partial charge in [0.05, 0.1) is 25.9 Å². The molecule has 2 N–H and O–H groups in total. The lowest BCUT2D eigenvalue weighted by Crippen LogP contribution is -2.14. The Morgan fingerprint density at radius 3 is 2.45 bits per heavy atom. The topological polar surface area (TPSA) is 70.8 Å². The van der Waals surface area contributed by atoms with Crippen molar-refractivity contribution in [1.82, 2.24) is 0 Å². The molecule has 22 heavy (non-hydrogen) atoms. The molecule has 116 valence electrons. The second-order valence-electron chi connectivity index (χ2n) is 4.61. The van der Waals surface area contributed by atoms with Crippen LogP contribution < -0.4 is 15.2 Å². The van der Waals surface area contributed by atoms with Crippen LogP contribution in [-0.2, 0) is 11.3 Å². The number of carbonyl (C=O) groups is 1. The van der Waals surface area contributed by atoms with Crippen LogP contribution in [-0.4, -0.2) is 26.2 Å². The predicted octanol–water partition coefficient (Wildman–Crippen LogP) is 2.39. The summed E-state index contributed by atoms with van der Waals surface area (Å²) in [6, 6.07) is 14.5. The minimum atomic E-state index is -0.505. The quantitative estimate of drug-likeness (QED) is 0.760. The van der Waals surface area contributed by atoms with Gasteiger partial charge in [0.1, 0.15) is 18.1 Å². The lowest BCUT2D eigenvalue weighted by molar-refractivity contribution is 0.0873. The summed E-state index contributed by atoms with van der Waals surface area (Å²) in [6.07, 6.45) is 0. The molecule has 0 aliphatic heterocycles. The summed E-state index contributed by atoms with van der Waals surface area (Å²) in [7, 11) is 1.63. The first-order valence-electron chi connectivity index (χ1n) is 6.93. The number of nitrogens with two attached hydrogens (primary N) is 1. The lowest BCUT2D eigenvalue weighted by Gasteiger charge is -2.10. The number of carbonyl (C=O) groups excluding carboxylic acids is 1. The molecule has 0 spiro atoms. The zero-order valence-corrected chi connectivity index (χ0v) is 12.5. The van der Waals surface area contributed by atoms with Crippen LogP contribution in [0, 0.1) is 0 Å². The molecule has 0 saturated carbocycles. The minimum Gasteiger partial charge on any atom is -0.497 e. The van der Waals surface area contributed by atoms with Crippen molar-refractivity contribution >= 4 is 5.91 Å². The number of ether oxygens (including phenoxy) is 3. The number of hydrogen-bond acceptors (Lipinski definition) is 4. The van der Waals surface area contributed by atoms with Crippen molar-refractivity contribution in [2.45, 2.75) is 6.61 Å². The molecule has 2 rings (SSSR count). The molecule has 0 atom stereocenters. The Morgan fingerprint density at radius 1 is 1.05 bits per heavy atom.